The molecule has 80 heavy (non-hydrogen) atoms. The first kappa shape index (κ1) is 65.6. The zero-order chi connectivity index (χ0) is 58.4. The molecule has 4 saturated carbocycles. The van der Waals surface area contributed by atoms with Gasteiger partial charge in [-0.3, -0.25) is 0 Å². The normalized spacial score (nSPS) is 48.0. The molecule has 0 aromatic heterocycles. The standard InChI is InChI=1S/C57H88O22.Y/c1-12-25(3)47(70)78-44-45(79-48(71)26(4)13-2)57(24-60)28(20-52(44,5)6)27-14-15-32-54(9)18-17-34(53(7,8)31(54)16-19-55(32,10)56(27,11)21-33(57)61)74-51-43(77-50-39(66)37(64)35(62)29(22-58)72-50)41(40(67)42(76-51)46(68)69)75-49-38(65)36(63)30(23-59)73-49;/h12-14,28-45,49-51,58-67H,15-24H2,1-11H3,(H,68,69);/b25-12-,26-13-;/t28?,29?,30-,31?,32?,33+,34-,35-,36?,37+,38-,39?,40-,41+,42?,43?,44-,45-,49-,50-,51+,54-,55+,56+,57-;/m0./s1. The van der Waals surface area contributed by atoms with Crippen molar-refractivity contribution in [2.75, 3.05) is 19.8 Å². The molecule has 8 rings (SSSR count). The Morgan fingerprint density at radius 3 is 1.73 bits per heavy atom. The molecule has 8 unspecified atom stereocenters. The first-order chi connectivity index (χ1) is 36.9. The molecule has 11 N–H and O–H groups in total. The van der Waals surface area contributed by atoms with Gasteiger partial charge >= 0.3 is 17.9 Å². The molecule has 3 heterocycles. The van der Waals surface area contributed by atoms with Crippen LogP contribution < -0.4 is 0 Å². The number of aliphatic hydroxyl groups excluding tert-OH is 10. The molecule has 5 aliphatic carbocycles. The molecule has 7 fully saturated rings. The number of ether oxygens (including phenoxy) is 8. The van der Waals surface area contributed by atoms with E-state index in [2.05, 4.69) is 40.7 Å². The van der Waals surface area contributed by atoms with Gasteiger partial charge in [-0.25, -0.2) is 14.4 Å². The fourth-order valence-electron chi connectivity index (χ4n) is 16.2. The number of carbonyl (C=O) groups excluding carboxylic acids is 2. The maximum Gasteiger partial charge on any atom is 0.335 e. The van der Waals surface area contributed by atoms with Crippen LogP contribution in [0.5, 0.6) is 0 Å². The van der Waals surface area contributed by atoms with Gasteiger partial charge in [0.15, 0.2) is 31.1 Å². The Morgan fingerprint density at radius 1 is 0.650 bits per heavy atom. The number of carbonyl (C=O) groups is 3. The largest absolute Gasteiger partial charge is 0.479 e. The molecular formula is C57H88O22Y. The first-order valence-corrected chi connectivity index (χ1v) is 28.0. The van der Waals surface area contributed by atoms with E-state index in [-0.39, 0.29) is 56.4 Å². The molecule has 0 aromatic rings. The molecule has 451 valence electrons. The van der Waals surface area contributed by atoms with Crippen LogP contribution in [0.3, 0.4) is 0 Å². The molecular weight excluding hydrogens is 1130 g/mol. The van der Waals surface area contributed by atoms with Gasteiger partial charge in [0.1, 0.15) is 67.1 Å². The van der Waals surface area contributed by atoms with Crippen molar-refractivity contribution in [1.29, 1.82) is 0 Å². The fraction of sp³-hybridized carbons (Fsp3) is 0.842. The maximum atomic E-state index is 13.8. The van der Waals surface area contributed by atoms with Crippen molar-refractivity contribution in [1.82, 2.24) is 0 Å². The van der Waals surface area contributed by atoms with Crippen molar-refractivity contribution in [3.63, 3.8) is 0 Å². The minimum Gasteiger partial charge on any atom is -0.479 e. The second-order valence-electron chi connectivity index (χ2n) is 26.0. The van der Waals surface area contributed by atoms with Crippen molar-refractivity contribution in [2.24, 2.45) is 50.2 Å². The Bertz CT molecular complexity index is 2360. The Morgan fingerprint density at radius 2 is 1.19 bits per heavy atom. The van der Waals surface area contributed by atoms with E-state index in [9.17, 15) is 70.6 Å². The summed E-state index contributed by atoms with van der Waals surface area (Å²) < 4.78 is 49.2. The molecule has 3 aliphatic heterocycles. The number of esters is 2. The van der Waals surface area contributed by atoms with E-state index in [1.54, 1.807) is 39.8 Å². The molecule has 0 aromatic carbocycles. The van der Waals surface area contributed by atoms with Gasteiger partial charge in [-0.05, 0) is 112 Å². The Kier molecular flexibility index (Phi) is 19.8. The molecule has 23 heteroatoms. The number of carboxylic acids is 1. The van der Waals surface area contributed by atoms with Crippen molar-refractivity contribution >= 4 is 17.9 Å². The van der Waals surface area contributed by atoms with E-state index in [1.165, 1.54) is 0 Å². The van der Waals surface area contributed by atoms with Gasteiger partial charge in [0, 0.05) is 49.3 Å². The van der Waals surface area contributed by atoms with Gasteiger partial charge in [0.2, 0.25) is 0 Å². The van der Waals surface area contributed by atoms with Crippen LogP contribution in [0.25, 0.3) is 0 Å². The Labute approximate surface area is 493 Å². The molecule has 8 aliphatic rings. The third-order valence-electron chi connectivity index (χ3n) is 21.3. The first-order valence-electron chi connectivity index (χ1n) is 28.0. The van der Waals surface area contributed by atoms with Crippen LogP contribution in [-0.2, 0) is 85.0 Å². The zero-order valence-corrected chi connectivity index (χ0v) is 50.8. The molecule has 0 amide bonds. The Hall–Kier alpha value is -1.91. The van der Waals surface area contributed by atoms with Crippen LogP contribution in [0, 0.1) is 50.2 Å². The van der Waals surface area contributed by atoms with E-state index < -0.39 is 181 Å². The molecule has 0 bridgehead atoms. The van der Waals surface area contributed by atoms with Crippen LogP contribution in [0.2, 0.25) is 0 Å². The number of allylic oxidation sites excluding steroid dienone is 4. The van der Waals surface area contributed by atoms with Gasteiger partial charge in [-0.2, -0.15) is 0 Å². The predicted octanol–water partition coefficient (Wildman–Crippen LogP) is 1.29. The van der Waals surface area contributed by atoms with E-state index in [0.717, 1.165) is 5.57 Å². The van der Waals surface area contributed by atoms with Gasteiger partial charge in [0.25, 0.3) is 0 Å². The van der Waals surface area contributed by atoms with Crippen molar-refractivity contribution in [3.8, 4) is 0 Å². The predicted molar refractivity (Wildman–Crippen MR) is 275 cm³/mol. The third kappa shape index (κ3) is 10.6. The summed E-state index contributed by atoms with van der Waals surface area (Å²) in [6, 6.07) is 0. The van der Waals surface area contributed by atoms with Gasteiger partial charge in [-0.1, -0.05) is 72.3 Å². The number of carboxylic acid groups (broad SMARTS) is 1. The van der Waals surface area contributed by atoms with E-state index >= 15 is 0 Å². The Balaban J connectivity index is 0.00000924. The maximum absolute atomic E-state index is 13.8. The van der Waals surface area contributed by atoms with E-state index in [4.69, 9.17) is 37.9 Å². The van der Waals surface area contributed by atoms with Crippen LogP contribution in [0.15, 0.2) is 34.9 Å². The smallest absolute Gasteiger partial charge is 0.335 e. The van der Waals surface area contributed by atoms with Crippen molar-refractivity contribution < 1.29 is 141 Å². The summed E-state index contributed by atoms with van der Waals surface area (Å²) in [4.78, 5) is 40.3. The second-order valence-corrected chi connectivity index (χ2v) is 26.0. The zero-order valence-electron chi connectivity index (χ0n) is 47.9. The number of hydrogen-bond acceptors (Lipinski definition) is 21. The average molecular weight is 1210 g/mol. The third-order valence-corrected chi connectivity index (χ3v) is 21.3. The van der Waals surface area contributed by atoms with Crippen LogP contribution in [0.4, 0.5) is 0 Å². The SMILES string of the molecule is C/C=C(/C)C(=O)O[C@H]1[C@H](OC(=O)/C(C)=C\C)[C@@]2(CO)C(CC1(C)C)C1=CCC3[C@@]4(C)CC[C@H](O[C@@H]5OC(C(=O)O)[C@@H](O)[C@@H](O[C@@H]6O[C@@H](CO)C(O)[C@@H]6O)C5O[C@@H]5OC(CO)[C@H](O)[C@@H](O)C5O)C(C)(C)C4CC[C@@]3(C)[C@]1(C)C[C@H]2O.[Y]. The second kappa shape index (κ2) is 24.1. The molecule has 0 spiro atoms. The van der Waals surface area contributed by atoms with Crippen LogP contribution >= 0.6 is 0 Å². The minimum absolute atomic E-state index is 0. The monoisotopic (exact) mass is 1210 g/mol. The number of aliphatic hydroxyl groups is 10. The number of hydrogen-bond donors (Lipinski definition) is 11. The van der Waals surface area contributed by atoms with E-state index in [0.29, 0.717) is 49.7 Å². The summed E-state index contributed by atoms with van der Waals surface area (Å²) in [6.45, 7) is 19.4. The van der Waals surface area contributed by atoms with Gasteiger partial charge < -0.3 is 94.1 Å². The molecule has 22 nitrogen and oxygen atoms in total. The topological polar surface area (TPSA) is 348 Å². The minimum atomic E-state index is -2.10. The molecule has 1 radical (unpaired) electrons. The number of aliphatic carboxylic acids is 1. The van der Waals surface area contributed by atoms with E-state index in [1.807, 2.05) is 13.8 Å². The summed E-state index contributed by atoms with van der Waals surface area (Å²) in [5, 5.41) is 121. The van der Waals surface area contributed by atoms with Crippen LogP contribution in [-0.4, -0.2) is 204 Å². The van der Waals surface area contributed by atoms with Crippen LogP contribution in [0.1, 0.15) is 121 Å². The number of rotatable bonds is 14. The van der Waals surface area contributed by atoms with Crippen molar-refractivity contribution in [2.45, 2.75) is 232 Å². The summed E-state index contributed by atoms with van der Waals surface area (Å²) >= 11 is 0. The average Bonchev–Trinajstić information content (AvgIpc) is 3.04. The summed E-state index contributed by atoms with van der Waals surface area (Å²) in [7, 11) is 0. The quantitative estimate of drug-likeness (QED) is 0.0505. The number of fused-ring (bicyclic) bond motifs is 7. The molecule has 25 atom stereocenters. The fourth-order valence-corrected chi connectivity index (χ4v) is 16.2. The van der Waals surface area contributed by atoms with Gasteiger partial charge in [-0.15, -0.1) is 0 Å². The van der Waals surface area contributed by atoms with Gasteiger partial charge in [0.05, 0.1) is 37.4 Å². The summed E-state index contributed by atoms with van der Waals surface area (Å²) in [5.74, 6) is -3.40. The molecule has 3 saturated heterocycles. The summed E-state index contributed by atoms with van der Waals surface area (Å²) in [5.41, 5.74) is -2.71. The summed E-state index contributed by atoms with van der Waals surface area (Å²) in [6.07, 6.45) is -20.2. The van der Waals surface area contributed by atoms with Crippen molar-refractivity contribution in [3.05, 3.63) is 34.9 Å².